The zero-order chi connectivity index (χ0) is 24.5. The molecule has 0 fully saturated rings. The predicted octanol–water partition coefficient (Wildman–Crippen LogP) is 2.53. The smallest absolute Gasteiger partial charge is 0.369 e. The molecular formula is C20H15F5N8O. The quantitative estimate of drug-likeness (QED) is 0.391. The Morgan fingerprint density at radius 3 is 2.59 bits per heavy atom. The van der Waals surface area contributed by atoms with E-state index >= 15 is 0 Å². The van der Waals surface area contributed by atoms with Gasteiger partial charge in [0.25, 0.3) is 0 Å². The first-order valence-corrected chi connectivity index (χ1v) is 9.69. The summed E-state index contributed by atoms with van der Waals surface area (Å²) < 4.78 is 68.6. The molecule has 1 atom stereocenters. The summed E-state index contributed by atoms with van der Waals surface area (Å²) in [5, 5.41) is 6.17. The number of nitrogens with zero attached hydrogens (tertiary/aromatic N) is 6. The zero-order valence-electron chi connectivity index (χ0n) is 17.1. The third-order valence-corrected chi connectivity index (χ3v) is 4.83. The molecule has 0 saturated heterocycles. The van der Waals surface area contributed by atoms with E-state index in [9.17, 15) is 26.7 Å². The van der Waals surface area contributed by atoms with Gasteiger partial charge in [-0.15, -0.1) is 0 Å². The van der Waals surface area contributed by atoms with Crippen molar-refractivity contribution in [1.82, 2.24) is 29.5 Å². The Kier molecular flexibility index (Phi) is 6.04. The number of aromatic nitrogens is 6. The van der Waals surface area contributed by atoms with E-state index in [1.54, 1.807) is 12.1 Å². The van der Waals surface area contributed by atoms with Crippen LogP contribution in [-0.4, -0.2) is 48.2 Å². The first-order chi connectivity index (χ1) is 16.1. The lowest BCUT2D eigenvalue weighted by molar-refractivity contribution is -0.177. The number of amides is 1. The average Bonchev–Trinajstić information content (AvgIpc) is 3.24. The van der Waals surface area contributed by atoms with Gasteiger partial charge < -0.3 is 11.1 Å². The van der Waals surface area contributed by atoms with Crippen LogP contribution in [-0.2, 0) is 11.2 Å². The number of hydrogen-bond acceptors (Lipinski definition) is 7. The van der Waals surface area contributed by atoms with Crippen LogP contribution in [0, 0.1) is 17.6 Å². The minimum Gasteiger partial charge on any atom is -0.369 e. The molecule has 1 amide bonds. The molecule has 3 heterocycles. The lowest BCUT2D eigenvalue weighted by Gasteiger charge is -2.18. The number of rotatable bonds is 7. The largest absolute Gasteiger partial charge is 0.402 e. The van der Waals surface area contributed by atoms with Crippen LogP contribution in [0.4, 0.5) is 27.8 Å². The standard InChI is InChI=1S/C20H15F5N8O/c21-12-4-2-1-3-10(12)5-14-19-29-9-30-33(19)8-15(31-14)18-28-7-13(22)17(32-18)27-6-11(16(26)34)20(23,24)25/h1-4,7-9,11H,5-6H2,(H2,26,34)(H,27,28,32)/t11-/m0/s1. The molecule has 0 aliphatic rings. The molecule has 0 radical (unpaired) electrons. The number of carbonyl (C=O) groups excluding carboxylic acids is 1. The topological polar surface area (TPSA) is 124 Å². The number of halogens is 5. The maximum absolute atomic E-state index is 14.2. The van der Waals surface area contributed by atoms with Crippen LogP contribution in [0.2, 0.25) is 0 Å². The number of primary amides is 1. The van der Waals surface area contributed by atoms with E-state index in [0.29, 0.717) is 16.9 Å². The van der Waals surface area contributed by atoms with Gasteiger partial charge in [-0.25, -0.2) is 33.2 Å². The first-order valence-electron chi connectivity index (χ1n) is 9.69. The number of benzene rings is 1. The van der Waals surface area contributed by atoms with Crippen molar-refractivity contribution in [3.05, 3.63) is 65.9 Å². The Hall–Kier alpha value is -4.23. The summed E-state index contributed by atoms with van der Waals surface area (Å²) in [6.07, 6.45) is -1.51. The van der Waals surface area contributed by atoms with E-state index in [0.717, 1.165) is 6.20 Å². The van der Waals surface area contributed by atoms with Crippen LogP contribution in [0.25, 0.3) is 17.2 Å². The van der Waals surface area contributed by atoms with Crippen LogP contribution < -0.4 is 11.1 Å². The van der Waals surface area contributed by atoms with Crippen LogP contribution in [0.15, 0.2) is 43.0 Å². The lowest BCUT2D eigenvalue weighted by Crippen LogP contribution is -2.40. The van der Waals surface area contributed by atoms with Gasteiger partial charge in [-0.3, -0.25) is 4.79 Å². The van der Waals surface area contributed by atoms with E-state index in [1.807, 2.05) is 0 Å². The molecule has 0 unspecified atom stereocenters. The molecule has 0 bridgehead atoms. The highest BCUT2D eigenvalue weighted by Crippen LogP contribution is 2.27. The molecular weight excluding hydrogens is 463 g/mol. The second kappa shape index (κ2) is 8.96. The number of fused-ring (bicyclic) bond motifs is 1. The van der Waals surface area contributed by atoms with Gasteiger partial charge in [-0.05, 0) is 11.6 Å². The van der Waals surface area contributed by atoms with Gasteiger partial charge in [-0.2, -0.15) is 18.3 Å². The molecule has 0 saturated carbocycles. The molecule has 3 aromatic heterocycles. The Labute approximate surface area is 187 Å². The Balaban J connectivity index is 1.68. The van der Waals surface area contributed by atoms with Crippen molar-refractivity contribution in [3.63, 3.8) is 0 Å². The normalized spacial score (nSPS) is 12.6. The van der Waals surface area contributed by atoms with Gasteiger partial charge >= 0.3 is 6.18 Å². The highest BCUT2D eigenvalue weighted by Gasteiger charge is 2.43. The summed E-state index contributed by atoms with van der Waals surface area (Å²) in [6, 6.07) is 6.06. The van der Waals surface area contributed by atoms with E-state index in [-0.39, 0.29) is 17.9 Å². The summed E-state index contributed by atoms with van der Waals surface area (Å²) in [5.41, 5.74) is 5.87. The van der Waals surface area contributed by atoms with Crippen molar-refractivity contribution < 1.29 is 26.7 Å². The monoisotopic (exact) mass is 478 g/mol. The van der Waals surface area contributed by atoms with E-state index in [2.05, 4.69) is 30.4 Å². The number of carbonyl (C=O) groups is 1. The number of anilines is 1. The van der Waals surface area contributed by atoms with Gasteiger partial charge in [0.15, 0.2) is 29.0 Å². The fourth-order valence-corrected chi connectivity index (χ4v) is 3.13. The van der Waals surface area contributed by atoms with Crippen LogP contribution in [0.5, 0.6) is 0 Å². The van der Waals surface area contributed by atoms with Gasteiger partial charge in [0, 0.05) is 13.0 Å². The summed E-state index contributed by atoms with van der Waals surface area (Å²) in [5.74, 6) is -6.42. The van der Waals surface area contributed by atoms with Crippen molar-refractivity contribution in [2.24, 2.45) is 11.7 Å². The summed E-state index contributed by atoms with van der Waals surface area (Å²) in [6.45, 7) is -1.03. The fraction of sp³-hybridized carbons (Fsp3) is 0.200. The molecule has 0 aliphatic carbocycles. The van der Waals surface area contributed by atoms with Crippen LogP contribution in [0.3, 0.4) is 0 Å². The van der Waals surface area contributed by atoms with Crippen molar-refractivity contribution in [3.8, 4) is 11.5 Å². The van der Waals surface area contributed by atoms with Gasteiger partial charge in [-0.1, -0.05) is 18.2 Å². The number of nitrogens with one attached hydrogen (secondary N) is 1. The number of nitrogens with two attached hydrogens (primary N) is 1. The molecule has 176 valence electrons. The van der Waals surface area contributed by atoms with E-state index in [4.69, 9.17) is 5.73 Å². The molecule has 0 aliphatic heterocycles. The number of alkyl halides is 3. The average molecular weight is 478 g/mol. The zero-order valence-corrected chi connectivity index (χ0v) is 17.1. The van der Waals surface area contributed by atoms with Gasteiger partial charge in [0.1, 0.15) is 17.8 Å². The molecule has 9 nitrogen and oxygen atoms in total. The maximum atomic E-state index is 14.2. The minimum atomic E-state index is -4.92. The maximum Gasteiger partial charge on any atom is 0.402 e. The third kappa shape index (κ3) is 4.74. The molecule has 0 spiro atoms. The second-order valence-corrected chi connectivity index (χ2v) is 7.14. The predicted molar refractivity (Wildman–Crippen MR) is 108 cm³/mol. The highest BCUT2D eigenvalue weighted by molar-refractivity contribution is 5.78. The van der Waals surface area contributed by atoms with Crippen molar-refractivity contribution in [1.29, 1.82) is 0 Å². The lowest BCUT2D eigenvalue weighted by atomic mass is 10.1. The van der Waals surface area contributed by atoms with Crippen molar-refractivity contribution in [2.75, 3.05) is 11.9 Å². The molecule has 3 N–H and O–H groups in total. The van der Waals surface area contributed by atoms with Gasteiger partial charge in [0.05, 0.1) is 18.1 Å². The highest BCUT2D eigenvalue weighted by atomic mass is 19.4. The van der Waals surface area contributed by atoms with Crippen LogP contribution >= 0.6 is 0 Å². The van der Waals surface area contributed by atoms with Gasteiger partial charge in [0.2, 0.25) is 5.91 Å². The Morgan fingerprint density at radius 2 is 1.88 bits per heavy atom. The summed E-state index contributed by atoms with van der Waals surface area (Å²) >= 11 is 0. The van der Waals surface area contributed by atoms with E-state index in [1.165, 1.54) is 29.2 Å². The molecule has 1 aromatic carbocycles. The minimum absolute atomic E-state index is 0.0425. The molecule has 4 rings (SSSR count). The first kappa shape index (κ1) is 22.9. The van der Waals surface area contributed by atoms with E-state index < -0.39 is 42.0 Å². The Morgan fingerprint density at radius 1 is 1.12 bits per heavy atom. The summed E-state index contributed by atoms with van der Waals surface area (Å²) in [7, 11) is 0. The summed E-state index contributed by atoms with van der Waals surface area (Å²) in [4.78, 5) is 27.4. The van der Waals surface area contributed by atoms with Crippen molar-refractivity contribution >= 4 is 17.4 Å². The third-order valence-electron chi connectivity index (χ3n) is 4.83. The van der Waals surface area contributed by atoms with Crippen molar-refractivity contribution in [2.45, 2.75) is 12.6 Å². The molecule has 4 aromatic rings. The Bertz CT molecular complexity index is 1360. The molecule has 14 heteroatoms. The fourth-order valence-electron chi connectivity index (χ4n) is 3.13. The SMILES string of the molecule is NC(=O)[C@H](CNc1nc(-c2cn3ncnc3c(Cc3ccccc3F)n2)ncc1F)C(F)(F)F. The molecule has 34 heavy (non-hydrogen) atoms. The number of hydrogen-bond donors (Lipinski definition) is 2. The second-order valence-electron chi connectivity index (χ2n) is 7.14. The van der Waals surface area contributed by atoms with Crippen LogP contribution in [0.1, 0.15) is 11.3 Å².